The van der Waals surface area contributed by atoms with Gasteiger partial charge in [-0.25, -0.2) is 14.8 Å². The number of ether oxygens (including phenoxy) is 1. The van der Waals surface area contributed by atoms with Crippen LogP contribution in [0.2, 0.25) is 0 Å². The minimum absolute atomic E-state index is 0.109. The van der Waals surface area contributed by atoms with Crippen molar-refractivity contribution < 1.29 is 9.53 Å². The van der Waals surface area contributed by atoms with Crippen molar-refractivity contribution in [3.8, 4) is 0 Å². The summed E-state index contributed by atoms with van der Waals surface area (Å²) >= 11 is 1.48. The second-order valence-corrected chi connectivity index (χ2v) is 11.6. The fourth-order valence-electron chi connectivity index (χ4n) is 6.46. The summed E-state index contributed by atoms with van der Waals surface area (Å²) in [7, 11) is 0. The molecule has 2 aliphatic carbocycles. The Balaban J connectivity index is 1.61. The predicted octanol–water partition coefficient (Wildman–Crippen LogP) is 6.62. The van der Waals surface area contributed by atoms with Crippen LogP contribution in [0.3, 0.4) is 0 Å². The molecule has 0 amide bonds. The largest absolute Gasteiger partial charge is 0.462 e. The summed E-state index contributed by atoms with van der Waals surface area (Å²) in [6.07, 6.45) is 9.50. The van der Waals surface area contributed by atoms with Gasteiger partial charge in [0.25, 0.3) is 0 Å². The summed E-state index contributed by atoms with van der Waals surface area (Å²) < 4.78 is 5.26. The SMILES string of the molecule is CCOC(=O)c1cnc(SC)nc1NC[C@]1(C)CCC[C@@]2(C)c3ccc(C(C)C)cc3CC[C@@H]12. The second kappa shape index (κ2) is 9.88. The van der Waals surface area contributed by atoms with Gasteiger partial charge in [0, 0.05) is 12.7 Å². The van der Waals surface area contributed by atoms with Crippen LogP contribution in [0.4, 0.5) is 5.82 Å². The normalized spacial score (nSPS) is 26.0. The molecule has 1 aromatic heterocycles. The van der Waals surface area contributed by atoms with E-state index in [0.29, 0.717) is 35.0 Å². The number of rotatable bonds is 7. The number of aryl methyl sites for hydroxylation is 1. The fourth-order valence-corrected chi connectivity index (χ4v) is 6.80. The monoisotopic (exact) mass is 481 g/mol. The summed E-state index contributed by atoms with van der Waals surface area (Å²) in [5.74, 6) is 1.35. The Bertz CT molecular complexity index is 1060. The highest BCUT2D eigenvalue weighted by Gasteiger charge is 2.51. The zero-order valence-electron chi connectivity index (χ0n) is 21.5. The minimum atomic E-state index is -0.371. The van der Waals surface area contributed by atoms with Crippen molar-refractivity contribution in [2.45, 2.75) is 83.2 Å². The summed E-state index contributed by atoms with van der Waals surface area (Å²) in [6, 6.07) is 7.23. The maximum atomic E-state index is 12.5. The van der Waals surface area contributed by atoms with E-state index < -0.39 is 0 Å². The van der Waals surface area contributed by atoms with Crippen LogP contribution in [0.5, 0.6) is 0 Å². The Hall–Kier alpha value is -2.08. The molecule has 34 heavy (non-hydrogen) atoms. The van der Waals surface area contributed by atoms with E-state index in [9.17, 15) is 4.79 Å². The molecule has 2 aliphatic rings. The van der Waals surface area contributed by atoms with E-state index in [-0.39, 0.29) is 16.8 Å². The lowest BCUT2D eigenvalue weighted by Gasteiger charge is -2.55. The van der Waals surface area contributed by atoms with E-state index in [1.165, 1.54) is 43.0 Å². The fraction of sp³-hybridized carbons (Fsp3) is 0.607. The van der Waals surface area contributed by atoms with Crippen molar-refractivity contribution in [3.63, 3.8) is 0 Å². The van der Waals surface area contributed by atoms with Crippen LogP contribution < -0.4 is 5.32 Å². The molecule has 0 saturated heterocycles. The maximum absolute atomic E-state index is 12.5. The highest BCUT2D eigenvalue weighted by Crippen LogP contribution is 2.57. The molecule has 0 radical (unpaired) electrons. The van der Waals surface area contributed by atoms with E-state index in [2.05, 4.69) is 61.2 Å². The van der Waals surface area contributed by atoms with Gasteiger partial charge in [-0.1, -0.05) is 64.1 Å². The zero-order chi connectivity index (χ0) is 24.5. The molecule has 1 heterocycles. The van der Waals surface area contributed by atoms with Gasteiger partial charge in [0.05, 0.1) is 6.61 Å². The number of carbonyl (C=O) groups is 1. The standard InChI is InChI=1S/C28H39N3O2S/c1-7-33-25(32)21-16-29-26(34-6)31-24(21)30-17-27(4)13-8-14-28(5)22-11-9-19(18(2)3)15-20(22)10-12-23(27)28/h9,11,15-16,18,23H,7-8,10,12-14,17H2,1-6H3,(H,29,30,31)/t23-,27-,28-/m0/s1. The number of esters is 1. The lowest BCUT2D eigenvalue weighted by Crippen LogP contribution is -2.51. The number of hydrogen-bond donors (Lipinski definition) is 1. The molecule has 0 aliphatic heterocycles. The van der Waals surface area contributed by atoms with Gasteiger partial charge >= 0.3 is 5.97 Å². The van der Waals surface area contributed by atoms with Crippen LogP contribution in [0, 0.1) is 11.3 Å². The first-order chi connectivity index (χ1) is 16.2. The highest BCUT2D eigenvalue weighted by atomic mass is 32.2. The number of carbonyl (C=O) groups excluding carboxylic acids is 1. The second-order valence-electron chi connectivity index (χ2n) is 10.8. The third kappa shape index (κ3) is 4.58. The first kappa shape index (κ1) is 25.0. The van der Waals surface area contributed by atoms with Crippen LogP contribution in [0.15, 0.2) is 29.6 Å². The number of nitrogens with one attached hydrogen (secondary N) is 1. The van der Waals surface area contributed by atoms with Crippen molar-refractivity contribution in [3.05, 3.63) is 46.6 Å². The molecule has 1 fully saturated rings. The number of anilines is 1. The molecule has 4 rings (SSSR count). The van der Waals surface area contributed by atoms with Gasteiger partial charge in [0.15, 0.2) is 5.16 Å². The lowest BCUT2D eigenvalue weighted by molar-refractivity contribution is 0.0357. The first-order valence-corrected chi connectivity index (χ1v) is 13.9. The van der Waals surface area contributed by atoms with Gasteiger partial charge in [-0.05, 0) is 78.2 Å². The molecule has 0 unspecified atom stereocenters. The van der Waals surface area contributed by atoms with Gasteiger partial charge in [0.2, 0.25) is 0 Å². The molecular formula is C28H39N3O2S. The Labute approximate surface area is 208 Å². The summed E-state index contributed by atoms with van der Waals surface area (Å²) in [6.45, 7) is 12.4. The summed E-state index contributed by atoms with van der Waals surface area (Å²) in [5, 5.41) is 4.22. The molecule has 3 atom stereocenters. The minimum Gasteiger partial charge on any atom is -0.462 e. The summed E-state index contributed by atoms with van der Waals surface area (Å²) in [5.41, 5.74) is 5.25. The van der Waals surface area contributed by atoms with Gasteiger partial charge in [-0.15, -0.1) is 0 Å². The molecule has 1 aromatic carbocycles. The molecular weight excluding hydrogens is 442 g/mol. The number of thioether (sulfide) groups is 1. The molecule has 2 aromatic rings. The average molecular weight is 482 g/mol. The quantitative estimate of drug-likeness (QED) is 0.272. The van der Waals surface area contributed by atoms with Crippen LogP contribution >= 0.6 is 11.8 Å². The molecule has 0 spiro atoms. The van der Waals surface area contributed by atoms with E-state index in [0.717, 1.165) is 13.0 Å². The number of nitrogens with zero attached hydrogens (tertiary/aromatic N) is 2. The lowest BCUT2D eigenvalue weighted by atomic mass is 9.49. The topological polar surface area (TPSA) is 64.1 Å². The van der Waals surface area contributed by atoms with Crippen molar-refractivity contribution in [1.29, 1.82) is 0 Å². The first-order valence-electron chi connectivity index (χ1n) is 12.7. The molecule has 184 valence electrons. The van der Waals surface area contributed by atoms with Gasteiger partial charge in [0.1, 0.15) is 11.4 Å². The van der Waals surface area contributed by atoms with Crippen LogP contribution in [-0.4, -0.2) is 35.3 Å². The summed E-state index contributed by atoms with van der Waals surface area (Å²) in [4.78, 5) is 21.5. The van der Waals surface area contributed by atoms with E-state index in [1.807, 2.05) is 13.2 Å². The average Bonchev–Trinajstić information content (AvgIpc) is 2.82. The smallest absolute Gasteiger partial charge is 0.343 e. The van der Waals surface area contributed by atoms with Crippen molar-refractivity contribution >= 4 is 23.5 Å². The predicted molar refractivity (Wildman–Crippen MR) is 140 cm³/mol. The molecule has 0 bridgehead atoms. The molecule has 1 N–H and O–H groups in total. The Kier molecular flexibility index (Phi) is 7.28. The number of fused-ring (bicyclic) bond motifs is 3. The Morgan fingerprint density at radius 1 is 1.29 bits per heavy atom. The number of aromatic nitrogens is 2. The van der Waals surface area contributed by atoms with Crippen molar-refractivity contribution in [2.24, 2.45) is 11.3 Å². The highest BCUT2D eigenvalue weighted by molar-refractivity contribution is 7.98. The maximum Gasteiger partial charge on any atom is 0.343 e. The number of hydrogen-bond acceptors (Lipinski definition) is 6. The van der Waals surface area contributed by atoms with E-state index in [1.54, 1.807) is 17.3 Å². The Morgan fingerprint density at radius 2 is 2.09 bits per heavy atom. The Morgan fingerprint density at radius 3 is 2.79 bits per heavy atom. The van der Waals surface area contributed by atoms with Gasteiger partial charge in [-0.3, -0.25) is 0 Å². The number of benzene rings is 1. The molecule has 6 heteroatoms. The van der Waals surface area contributed by atoms with Crippen LogP contribution in [-0.2, 0) is 16.6 Å². The van der Waals surface area contributed by atoms with E-state index in [4.69, 9.17) is 4.74 Å². The molecule has 1 saturated carbocycles. The van der Waals surface area contributed by atoms with Crippen molar-refractivity contribution in [1.82, 2.24) is 9.97 Å². The third-order valence-corrected chi connectivity index (χ3v) is 8.83. The van der Waals surface area contributed by atoms with Crippen molar-refractivity contribution in [2.75, 3.05) is 24.7 Å². The van der Waals surface area contributed by atoms with E-state index >= 15 is 0 Å². The van der Waals surface area contributed by atoms with Gasteiger partial charge < -0.3 is 10.1 Å². The molecule has 5 nitrogen and oxygen atoms in total. The van der Waals surface area contributed by atoms with Crippen LogP contribution in [0.25, 0.3) is 0 Å². The van der Waals surface area contributed by atoms with Gasteiger partial charge in [-0.2, -0.15) is 0 Å². The van der Waals surface area contributed by atoms with Crippen LogP contribution in [0.1, 0.15) is 93.3 Å². The zero-order valence-corrected chi connectivity index (χ0v) is 22.3. The third-order valence-electron chi connectivity index (χ3n) is 8.27.